The molecule has 2 N–H and O–H groups in total. The Labute approximate surface area is 147 Å². The minimum absolute atomic E-state index is 0.339. The summed E-state index contributed by atoms with van der Waals surface area (Å²) < 4.78 is 17.5. The van der Waals surface area contributed by atoms with Gasteiger partial charge in [0.2, 0.25) is 0 Å². The minimum atomic E-state index is -0.767. The molecule has 2 rings (SSSR count). The van der Waals surface area contributed by atoms with E-state index in [4.69, 9.17) is 16.3 Å². The van der Waals surface area contributed by atoms with E-state index >= 15 is 0 Å². The molecule has 0 heterocycles. The van der Waals surface area contributed by atoms with Crippen LogP contribution in [-0.4, -0.2) is 30.9 Å². The Morgan fingerprint density at radius 1 is 1.00 bits per heavy atom. The molecule has 0 aliphatic carbocycles. The van der Waals surface area contributed by atoms with Crippen LogP contribution in [0.2, 0.25) is 5.02 Å². The van der Waals surface area contributed by atoms with Crippen molar-refractivity contribution in [3.05, 3.63) is 64.9 Å². The molecule has 0 aromatic heterocycles. The lowest BCUT2D eigenvalue weighted by Crippen LogP contribution is -2.32. The summed E-state index contributed by atoms with van der Waals surface area (Å²) in [4.78, 5) is 35.0. The fourth-order valence-electron chi connectivity index (χ4n) is 1.78. The molecule has 0 unspecified atom stereocenters. The highest BCUT2D eigenvalue weighted by atomic mass is 35.5. The Morgan fingerprint density at radius 3 is 2.28 bits per heavy atom. The lowest BCUT2D eigenvalue weighted by atomic mass is 10.2. The van der Waals surface area contributed by atoms with Gasteiger partial charge in [0.15, 0.2) is 6.61 Å². The number of nitrogens with one attached hydrogen (secondary N) is 2. The third-order valence-electron chi connectivity index (χ3n) is 2.99. The number of hydrogen-bond acceptors (Lipinski definition) is 4. The van der Waals surface area contributed by atoms with Crippen molar-refractivity contribution in [1.82, 2.24) is 5.32 Å². The van der Waals surface area contributed by atoms with Crippen LogP contribution in [0.5, 0.6) is 0 Å². The van der Waals surface area contributed by atoms with Gasteiger partial charge in [-0.25, -0.2) is 4.39 Å². The van der Waals surface area contributed by atoms with Crippen molar-refractivity contribution >= 4 is 35.1 Å². The van der Waals surface area contributed by atoms with E-state index in [2.05, 4.69) is 10.6 Å². The largest absolute Gasteiger partial charge is 0.454 e. The molecular formula is C17H14ClFN2O4. The van der Waals surface area contributed by atoms with E-state index in [1.165, 1.54) is 36.4 Å². The number of rotatable bonds is 6. The number of hydrogen-bond donors (Lipinski definition) is 2. The average molecular weight is 365 g/mol. The quantitative estimate of drug-likeness (QED) is 0.771. The van der Waals surface area contributed by atoms with E-state index in [1.807, 2.05) is 0 Å². The molecule has 0 spiro atoms. The number of carbonyl (C=O) groups is 3. The lowest BCUT2D eigenvalue weighted by molar-refractivity contribution is -0.146. The van der Waals surface area contributed by atoms with Gasteiger partial charge >= 0.3 is 5.97 Å². The van der Waals surface area contributed by atoms with Crippen molar-refractivity contribution in [2.24, 2.45) is 0 Å². The summed E-state index contributed by atoms with van der Waals surface area (Å²) in [5.74, 6) is -2.24. The number of anilines is 1. The Hall–Kier alpha value is -2.93. The number of halogens is 2. The molecule has 2 aromatic rings. The lowest BCUT2D eigenvalue weighted by Gasteiger charge is -2.07. The van der Waals surface area contributed by atoms with Gasteiger partial charge < -0.3 is 15.4 Å². The third kappa shape index (κ3) is 6.23. The fourth-order valence-corrected chi connectivity index (χ4v) is 1.91. The maximum atomic E-state index is 12.7. The van der Waals surface area contributed by atoms with Gasteiger partial charge in [-0.15, -0.1) is 0 Å². The first-order valence-corrected chi connectivity index (χ1v) is 7.56. The molecular weight excluding hydrogens is 351 g/mol. The number of amides is 2. The van der Waals surface area contributed by atoms with Gasteiger partial charge in [0.25, 0.3) is 11.8 Å². The van der Waals surface area contributed by atoms with Crippen LogP contribution in [0.3, 0.4) is 0 Å². The zero-order valence-electron chi connectivity index (χ0n) is 12.9. The Bertz CT molecular complexity index is 763. The summed E-state index contributed by atoms with van der Waals surface area (Å²) in [5, 5.41) is 5.29. The molecule has 0 radical (unpaired) electrons. The molecule has 2 aromatic carbocycles. The molecule has 8 heteroatoms. The van der Waals surface area contributed by atoms with Gasteiger partial charge in [0, 0.05) is 16.3 Å². The van der Waals surface area contributed by atoms with Crippen molar-refractivity contribution in [2.75, 3.05) is 18.5 Å². The maximum absolute atomic E-state index is 12.7. The summed E-state index contributed by atoms with van der Waals surface area (Å²) in [7, 11) is 0. The van der Waals surface area contributed by atoms with E-state index < -0.39 is 30.2 Å². The number of carbonyl (C=O) groups excluding carboxylic acids is 3. The van der Waals surface area contributed by atoms with Crippen LogP contribution >= 0.6 is 11.6 Å². The first-order valence-electron chi connectivity index (χ1n) is 7.19. The molecule has 0 aliphatic heterocycles. The Balaban J connectivity index is 1.71. The van der Waals surface area contributed by atoms with Crippen molar-refractivity contribution in [3.63, 3.8) is 0 Å². The van der Waals surface area contributed by atoms with E-state index in [1.54, 1.807) is 12.1 Å². The van der Waals surface area contributed by atoms with Crippen LogP contribution in [0.25, 0.3) is 0 Å². The second kappa shape index (κ2) is 8.79. The highest BCUT2D eigenvalue weighted by Gasteiger charge is 2.11. The standard InChI is InChI=1S/C17H14ClFN2O4/c18-12-3-1-11(2-4-12)17(24)20-9-16(23)25-10-15(22)21-14-7-5-13(19)6-8-14/h1-8H,9-10H2,(H,20,24)(H,21,22). The van der Waals surface area contributed by atoms with Crippen LogP contribution in [0.4, 0.5) is 10.1 Å². The van der Waals surface area contributed by atoms with E-state index in [9.17, 15) is 18.8 Å². The van der Waals surface area contributed by atoms with E-state index in [0.717, 1.165) is 0 Å². The summed E-state index contributed by atoms with van der Waals surface area (Å²) in [6.07, 6.45) is 0. The first-order chi connectivity index (χ1) is 11.9. The zero-order chi connectivity index (χ0) is 18.2. The Kier molecular flexibility index (Phi) is 6.47. The molecule has 0 aliphatic rings. The van der Waals surface area contributed by atoms with Crippen molar-refractivity contribution in [2.45, 2.75) is 0 Å². The molecule has 0 saturated carbocycles. The molecule has 130 valence electrons. The normalized spacial score (nSPS) is 10.0. The molecule has 25 heavy (non-hydrogen) atoms. The highest BCUT2D eigenvalue weighted by molar-refractivity contribution is 6.30. The van der Waals surface area contributed by atoms with Crippen LogP contribution in [0.1, 0.15) is 10.4 Å². The number of esters is 1. The first kappa shape index (κ1) is 18.4. The van der Waals surface area contributed by atoms with Crippen molar-refractivity contribution in [1.29, 1.82) is 0 Å². The highest BCUT2D eigenvalue weighted by Crippen LogP contribution is 2.09. The van der Waals surface area contributed by atoms with Gasteiger partial charge in [-0.05, 0) is 48.5 Å². The number of benzene rings is 2. The molecule has 2 amide bonds. The topological polar surface area (TPSA) is 84.5 Å². The average Bonchev–Trinajstić information content (AvgIpc) is 2.60. The Morgan fingerprint density at radius 2 is 1.64 bits per heavy atom. The van der Waals surface area contributed by atoms with Crippen molar-refractivity contribution in [3.8, 4) is 0 Å². The smallest absolute Gasteiger partial charge is 0.325 e. The van der Waals surface area contributed by atoms with Gasteiger partial charge in [0.05, 0.1) is 0 Å². The summed E-state index contributed by atoms with van der Waals surface area (Å²) in [5.41, 5.74) is 0.713. The van der Waals surface area contributed by atoms with Gasteiger partial charge in [0.1, 0.15) is 12.4 Å². The monoisotopic (exact) mass is 364 g/mol. The molecule has 0 fully saturated rings. The molecule has 0 atom stereocenters. The van der Waals surface area contributed by atoms with Gasteiger partial charge in [-0.1, -0.05) is 11.6 Å². The van der Waals surface area contributed by atoms with E-state index in [0.29, 0.717) is 16.3 Å². The van der Waals surface area contributed by atoms with Crippen LogP contribution in [0, 0.1) is 5.82 Å². The SMILES string of the molecule is O=C(COC(=O)CNC(=O)c1ccc(Cl)cc1)Nc1ccc(F)cc1. The van der Waals surface area contributed by atoms with E-state index in [-0.39, 0.29) is 6.54 Å². The summed E-state index contributed by atoms with van der Waals surface area (Å²) in [6, 6.07) is 11.3. The summed E-state index contributed by atoms with van der Waals surface area (Å²) in [6.45, 7) is -0.904. The molecule has 0 saturated heterocycles. The predicted molar refractivity (Wildman–Crippen MR) is 89.8 cm³/mol. The zero-order valence-corrected chi connectivity index (χ0v) is 13.7. The molecule has 6 nitrogen and oxygen atoms in total. The second-order valence-electron chi connectivity index (χ2n) is 4.91. The van der Waals surface area contributed by atoms with Crippen LogP contribution < -0.4 is 10.6 Å². The van der Waals surface area contributed by atoms with Crippen LogP contribution in [0.15, 0.2) is 48.5 Å². The van der Waals surface area contributed by atoms with Gasteiger partial charge in [-0.3, -0.25) is 14.4 Å². The minimum Gasteiger partial charge on any atom is -0.454 e. The fraction of sp³-hybridized carbons (Fsp3) is 0.118. The van der Waals surface area contributed by atoms with Gasteiger partial charge in [-0.2, -0.15) is 0 Å². The maximum Gasteiger partial charge on any atom is 0.325 e. The third-order valence-corrected chi connectivity index (χ3v) is 3.24. The predicted octanol–water partition coefficient (Wildman–Crippen LogP) is 2.39. The van der Waals surface area contributed by atoms with Crippen LogP contribution in [-0.2, 0) is 14.3 Å². The summed E-state index contributed by atoms with van der Waals surface area (Å²) >= 11 is 5.72. The number of ether oxygens (including phenoxy) is 1. The second-order valence-corrected chi connectivity index (χ2v) is 5.34. The van der Waals surface area contributed by atoms with Crippen molar-refractivity contribution < 1.29 is 23.5 Å². The molecule has 0 bridgehead atoms.